The molecule has 0 aromatic heterocycles. The van der Waals surface area contributed by atoms with E-state index in [0.29, 0.717) is 5.92 Å². The Kier molecular flexibility index (Phi) is 1.46. The highest BCUT2D eigenvalue weighted by atomic mass is 19.3. The summed E-state index contributed by atoms with van der Waals surface area (Å²) in [7, 11) is 0. The number of alkyl halides is 2. The number of nitrogens with zero attached hydrogens (tertiary/aromatic N) is 1. The standard InChI is InChI=1S/C8H13F2N/c1-2-11-5-6-3-8(11,4-6)7(9)10/h6-7H,2-5H2,1H3. The minimum Gasteiger partial charge on any atom is -0.292 e. The zero-order chi connectivity index (χ0) is 8.06. The van der Waals surface area contributed by atoms with E-state index in [1.54, 1.807) is 0 Å². The highest BCUT2D eigenvalue weighted by Gasteiger charge is 2.60. The second-order valence-electron chi connectivity index (χ2n) is 3.72. The Morgan fingerprint density at radius 2 is 2.18 bits per heavy atom. The molecule has 0 atom stereocenters. The lowest BCUT2D eigenvalue weighted by molar-refractivity contribution is -0.0533. The molecule has 2 heterocycles. The highest BCUT2D eigenvalue weighted by Crippen LogP contribution is 2.53. The summed E-state index contributed by atoms with van der Waals surface area (Å²) >= 11 is 0. The summed E-state index contributed by atoms with van der Waals surface area (Å²) in [6.07, 6.45) is -0.669. The minimum atomic E-state index is -2.14. The van der Waals surface area contributed by atoms with Gasteiger partial charge in [-0.15, -0.1) is 0 Å². The minimum absolute atomic E-state index is 0.573. The Bertz CT molecular complexity index is 163. The summed E-state index contributed by atoms with van der Waals surface area (Å²) in [4.78, 5) is 1.95. The first-order valence-electron chi connectivity index (χ1n) is 4.22. The van der Waals surface area contributed by atoms with E-state index in [2.05, 4.69) is 0 Å². The van der Waals surface area contributed by atoms with Crippen LogP contribution in [0.2, 0.25) is 0 Å². The van der Waals surface area contributed by atoms with Crippen molar-refractivity contribution in [2.45, 2.75) is 31.7 Å². The van der Waals surface area contributed by atoms with Crippen LogP contribution in [0.4, 0.5) is 8.78 Å². The van der Waals surface area contributed by atoms with Crippen molar-refractivity contribution in [3.63, 3.8) is 0 Å². The molecule has 2 saturated heterocycles. The van der Waals surface area contributed by atoms with Crippen molar-refractivity contribution >= 4 is 0 Å². The lowest BCUT2D eigenvalue weighted by atomic mass is 9.73. The molecule has 0 unspecified atom stereocenters. The molecule has 64 valence electrons. The third kappa shape index (κ3) is 0.776. The Morgan fingerprint density at radius 1 is 1.55 bits per heavy atom. The summed E-state index contributed by atoms with van der Waals surface area (Å²) in [5.74, 6) is 0.573. The first-order valence-corrected chi connectivity index (χ1v) is 4.22. The maximum Gasteiger partial charge on any atom is 0.256 e. The van der Waals surface area contributed by atoms with Crippen molar-refractivity contribution in [3.05, 3.63) is 0 Å². The summed E-state index contributed by atoms with van der Waals surface area (Å²) < 4.78 is 25.1. The summed E-state index contributed by atoms with van der Waals surface area (Å²) in [5, 5.41) is 0. The van der Waals surface area contributed by atoms with Crippen molar-refractivity contribution in [2.75, 3.05) is 13.1 Å². The quantitative estimate of drug-likeness (QED) is 0.596. The van der Waals surface area contributed by atoms with Crippen LogP contribution in [0.3, 0.4) is 0 Å². The topological polar surface area (TPSA) is 3.24 Å². The molecule has 1 nitrogen and oxygen atoms in total. The van der Waals surface area contributed by atoms with Gasteiger partial charge in [0.2, 0.25) is 0 Å². The second kappa shape index (κ2) is 2.16. The van der Waals surface area contributed by atoms with E-state index in [1.165, 1.54) is 0 Å². The number of rotatable bonds is 2. The van der Waals surface area contributed by atoms with E-state index in [4.69, 9.17) is 0 Å². The molecule has 11 heavy (non-hydrogen) atoms. The van der Waals surface area contributed by atoms with E-state index in [9.17, 15) is 8.78 Å². The SMILES string of the molecule is CCN1CC2CC1(C(F)F)C2. The van der Waals surface area contributed by atoms with Crippen LogP contribution in [0.15, 0.2) is 0 Å². The monoisotopic (exact) mass is 161 g/mol. The zero-order valence-corrected chi connectivity index (χ0v) is 6.69. The maximum atomic E-state index is 12.6. The van der Waals surface area contributed by atoms with Crippen LogP contribution >= 0.6 is 0 Å². The average Bonchev–Trinajstić information content (AvgIpc) is 2.37. The van der Waals surface area contributed by atoms with Gasteiger partial charge in [-0.3, -0.25) is 4.90 Å². The molecule has 3 rings (SSSR count). The van der Waals surface area contributed by atoms with Gasteiger partial charge in [0.1, 0.15) is 0 Å². The van der Waals surface area contributed by atoms with Crippen LogP contribution in [0.5, 0.6) is 0 Å². The number of halogens is 2. The summed E-state index contributed by atoms with van der Waals surface area (Å²) in [6, 6.07) is 0. The maximum absolute atomic E-state index is 12.6. The molecule has 0 spiro atoms. The van der Waals surface area contributed by atoms with Crippen molar-refractivity contribution in [1.82, 2.24) is 4.90 Å². The number of hydrogen-bond acceptors (Lipinski definition) is 1. The molecule has 0 amide bonds. The molecule has 0 radical (unpaired) electrons. The predicted octanol–water partition coefficient (Wildman–Crippen LogP) is 1.74. The van der Waals surface area contributed by atoms with Crippen LogP contribution in [-0.2, 0) is 0 Å². The van der Waals surface area contributed by atoms with Gasteiger partial charge in [-0.05, 0) is 25.3 Å². The first-order chi connectivity index (χ1) is 5.19. The van der Waals surface area contributed by atoms with Crippen molar-refractivity contribution in [1.29, 1.82) is 0 Å². The fourth-order valence-corrected chi connectivity index (χ4v) is 2.58. The molecule has 0 aromatic rings. The molecule has 3 aliphatic rings. The van der Waals surface area contributed by atoms with Gasteiger partial charge >= 0.3 is 0 Å². The van der Waals surface area contributed by atoms with Gasteiger partial charge in [0.25, 0.3) is 6.43 Å². The molecule has 2 bridgehead atoms. The summed E-state index contributed by atoms with van der Waals surface area (Å²) in [6.45, 7) is 3.65. The van der Waals surface area contributed by atoms with Crippen LogP contribution < -0.4 is 0 Å². The number of fused-ring (bicyclic) bond motifs is 1. The Hall–Kier alpha value is -0.180. The van der Waals surface area contributed by atoms with Crippen molar-refractivity contribution in [3.8, 4) is 0 Å². The van der Waals surface area contributed by atoms with Gasteiger partial charge in [0, 0.05) is 6.54 Å². The molecule has 3 heteroatoms. The van der Waals surface area contributed by atoms with E-state index < -0.39 is 12.0 Å². The van der Waals surface area contributed by atoms with Gasteiger partial charge in [0.15, 0.2) is 0 Å². The highest BCUT2D eigenvalue weighted by molar-refractivity contribution is 5.11. The Balaban J connectivity index is 2.14. The molecular formula is C8H13F2N. The second-order valence-corrected chi connectivity index (χ2v) is 3.72. The lowest BCUT2D eigenvalue weighted by Gasteiger charge is -2.41. The van der Waals surface area contributed by atoms with Crippen LogP contribution in [-0.4, -0.2) is 30.0 Å². The third-order valence-electron chi connectivity index (χ3n) is 3.18. The van der Waals surface area contributed by atoms with Gasteiger partial charge in [-0.1, -0.05) is 6.92 Å². The van der Waals surface area contributed by atoms with Crippen LogP contribution in [0, 0.1) is 5.92 Å². The van der Waals surface area contributed by atoms with E-state index in [1.807, 2.05) is 11.8 Å². The van der Waals surface area contributed by atoms with Gasteiger partial charge in [0.05, 0.1) is 5.54 Å². The Labute approximate surface area is 65.4 Å². The predicted molar refractivity (Wildman–Crippen MR) is 38.7 cm³/mol. The molecule has 3 fully saturated rings. The van der Waals surface area contributed by atoms with E-state index >= 15 is 0 Å². The Morgan fingerprint density at radius 3 is 2.55 bits per heavy atom. The molecule has 0 aromatic carbocycles. The molecule has 2 aliphatic heterocycles. The molecule has 1 saturated carbocycles. The first kappa shape index (κ1) is 7.47. The largest absolute Gasteiger partial charge is 0.292 e. The molecule has 1 aliphatic carbocycles. The van der Waals surface area contributed by atoms with Gasteiger partial charge in [-0.25, -0.2) is 8.78 Å². The lowest BCUT2D eigenvalue weighted by Crippen LogP contribution is -2.51. The van der Waals surface area contributed by atoms with Crippen LogP contribution in [0.25, 0.3) is 0 Å². The van der Waals surface area contributed by atoms with E-state index in [0.717, 1.165) is 25.9 Å². The third-order valence-corrected chi connectivity index (χ3v) is 3.18. The van der Waals surface area contributed by atoms with E-state index in [-0.39, 0.29) is 0 Å². The average molecular weight is 161 g/mol. The molecule has 0 N–H and O–H groups in total. The van der Waals surface area contributed by atoms with Crippen LogP contribution in [0.1, 0.15) is 19.8 Å². The zero-order valence-electron chi connectivity index (χ0n) is 6.69. The number of hydrogen-bond donors (Lipinski definition) is 0. The molecular weight excluding hydrogens is 148 g/mol. The van der Waals surface area contributed by atoms with Crippen molar-refractivity contribution < 1.29 is 8.78 Å². The van der Waals surface area contributed by atoms with Crippen molar-refractivity contribution in [2.24, 2.45) is 5.92 Å². The fourth-order valence-electron chi connectivity index (χ4n) is 2.58. The van der Waals surface area contributed by atoms with Gasteiger partial charge < -0.3 is 0 Å². The fraction of sp³-hybridized carbons (Fsp3) is 1.00. The normalized spacial score (nSPS) is 43.1. The summed E-state index contributed by atoms with van der Waals surface area (Å²) in [5.41, 5.74) is -0.695. The van der Waals surface area contributed by atoms with Gasteiger partial charge in [-0.2, -0.15) is 0 Å². The smallest absolute Gasteiger partial charge is 0.256 e.